The monoisotopic (exact) mass is 420 g/mol. The first-order valence-corrected chi connectivity index (χ1v) is 9.87. The molecule has 0 radical (unpaired) electrons. The van der Waals surface area contributed by atoms with E-state index in [-0.39, 0.29) is 40.1 Å². The molecule has 0 saturated heterocycles. The van der Waals surface area contributed by atoms with Gasteiger partial charge in [0.05, 0.1) is 17.7 Å². The van der Waals surface area contributed by atoms with E-state index in [2.05, 4.69) is 15.4 Å². The number of benzene rings is 1. The minimum absolute atomic E-state index is 0.0210. The summed E-state index contributed by atoms with van der Waals surface area (Å²) in [6, 6.07) is 9.62. The van der Waals surface area contributed by atoms with Crippen molar-refractivity contribution < 1.29 is 27.4 Å². The summed E-state index contributed by atoms with van der Waals surface area (Å²) in [5, 5.41) is 14.8. The van der Waals surface area contributed by atoms with Gasteiger partial charge in [0, 0.05) is 25.2 Å². The first-order valence-electron chi connectivity index (χ1n) is 8.38. The molecule has 0 spiro atoms. The lowest BCUT2D eigenvalue weighted by Gasteiger charge is -2.09. The third-order valence-corrected chi connectivity index (χ3v) is 5.67. The Morgan fingerprint density at radius 2 is 2.03 bits per heavy atom. The third kappa shape index (κ3) is 4.35. The first-order chi connectivity index (χ1) is 13.8. The second-order valence-corrected chi connectivity index (χ2v) is 7.76. The number of pyridine rings is 1. The van der Waals surface area contributed by atoms with Crippen LogP contribution in [-0.2, 0) is 16.3 Å². The number of hydrogen-bond donors (Lipinski definition) is 2. The number of carboxylic acid groups (broad SMARTS) is 1. The van der Waals surface area contributed by atoms with Crippen molar-refractivity contribution in [2.75, 3.05) is 13.7 Å². The molecule has 3 rings (SSSR count). The van der Waals surface area contributed by atoms with Crippen molar-refractivity contribution in [1.29, 1.82) is 0 Å². The van der Waals surface area contributed by atoms with Gasteiger partial charge in [-0.05, 0) is 24.3 Å². The number of halogens is 1. The predicted molar refractivity (Wildman–Crippen MR) is 99.5 cm³/mol. The Hall–Kier alpha value is -3.47. The Kier molecular flexibility index (Phi) is 5.78. The van der Waals surface area contributed by atoms with Crippen LogP contribution < -0.4 is 10.1 Å². The number of methoxy groups -OCH3 is 1. The van der Waals surface area contributed by atoms with E-state index in [0.717, 1.165) is 10.9 Å². The van der Waals surface area contributed by atoms with Crippen LogP contribution in [0.5, 0.6) is 5.88 Å². The Balaban J connectivity index is 2.08. The molecule has 1 aromatic carbocycles. The van der Waals surface area contributed by atoms with Gasteiger partial charge in [0.1, 0.15) is 11.5 Å². The van der Waals surface area contributed by atoms with Crippen molar-refractivity contribution >= 4 is 15.9 Å². The minimum Gasteiger partial charge on any atom is -0.481 e. The molecule has 2 aromatic heterocycles. The fourth-order valence-corrected chi connectivity index (χ4v) is 3.92. The number of para-hydroxylation sites is 1. The van der Waals surface area contributed by atoms with Crippen LogP contribution in [0.15, 0.2) is 58.6 Å². The Labute approximate surface area is 165 Å². The van der Waals surface area contributed by atoms with Crippen molar-refractivity contribution in [3.63, 3.8) is 0 Å². The third-order valence-electron chi connectivity index (χ3n) is 3.97. The second-order valence-electron chi connectivity index (χ2n) is 5.86. The van der Waals surface area contributed by atoms with E-state index < -0.39 is 21.7 Å². The molecule has 152 valence electrons. The topological polar surface area (TPSA) is 123 Å². The summed E-state index contributed by atoms with van der Waals surface area (Å²) in [4.78, 5) is 14.4. The van der Waals surface area contributed by atoms with Gasteiger partial charge in [0.15, 0.2) is 5.03 Å². The highest BCUT2D eigenvalue weighted by molar-refractivity contribution is 7.91. The van der Waals surface area contributed by atoms with Crippen molar-refractivity contribution in [1.82, 2.24) is 20.1 Å². The van der Waals surface area contributed by atoms with Gasteiger partial charge < -0.3 is 15.2 Å². The number of nitrogens with zero attached hydrogens (tertiary/aromatic N) is 3. The van der Waals surface area contributed by atoms with Crippen LogP contribution in [0.1, 0.15) is 5.69 Å². The fourth-order valence-electron chi connectivity index (χ4n) is 2.58. The Morgan fingerprint density at radius 3 is 2.66 bits per heavy atom. The number of nitrogens with one attached hydrogen (secondary N) is 1. The summed E-state index contributed by atoms with van der Waals surface area (Å²) < 4.78 is 46.6. The largest absolute Gasteiger partial charge is 0.481 e. The average Bonchev–Trinajstić information content (AvgIpc) is 3.13. The number of amides is 1. The van der Waals surface area contributed by atoms with Gasteiger partial charge in [-0.15, -0.1) is 0 Å². The van der Waals surface area contributed by atoms with Crippen molar-refractivity contribution in [3.05, 3.63) is 60.2 Å². The van der Waals surface area contributed by atoms with Gasteiger partial charge >= 0.3 is 6.09 Å². The van der Waals surface area contributed by atoms with E-state index >= 15 is 0 Å². The lowest BCUT2D eigenvalue weighted by atomic mass is 10.3. The van der Waals surface area contributed by atoms with Crippen LogP contribution >= 0.6 is 0 Å². The summed E-state index contributed by atoms with van der Waals surface area (Å²) in [7, 11) is -2.70. The van der Waals surface area contributed by atoms with Crippen molar-refractivity contribution in [3.8, 4) is 11.6 Å². The van der Waals surface area contributed by atoms with Gasteiger partial charge in [-0.2, -0.15) is 5.10 Å². The van der Waals surface area contributed by atoms with Gasteiger partial charge in [-0.1, -0.05) is 12.1 Å². The number of rotatable bonds is 7. The lowest BCUT2D eigenvalue weighted by molar-refractivity contribution is 0.194. The molecule has 3 aromatic rings. The summed E-state index contributed by atoms with van der Waals surface area (Å²) >= 11 is 0. The van der Waals surface area contributed by atoms with Crippen LogP contribution in [0.2, 0.25) is 0 Å². The number of carbonyl (C=O) groups is 1. The van der Waals surface area contributed by atoms with E-state index in [1.165, 1.54) is 43.5 Å². The molecule has 9 nitrogen and oxygen atoms in total. The van der Waals surface area contributed by atoms with E-state index in [0.29, 0.717) is 0 Å². The number of ether oxygens (including phenoxy) is 1. The molecule has 29 heavy (non-hydrogen) atoms. The van der Waals surface area contributed by atoms with Crippen LogP contribution in [0.25, 0.3) is 5.69 Å². The molecule has 0 aliphatic heterocycles. The normalized spacial score (nSPS) is 11.2. The summed E-state index contributed by atoms with van der Waals surface area (Å²) in [5.74, 6) is -0.415. The molecule has 0 aliphatic rings. The molecule has 11 heteroatoms. The quantitative estimate of drug-likeness (QED) is 0.600. The van der Waals surface area contributed by atoms with E-state index in [9.17, 15) is 17.6 Å². The van der Waals surface area contributed by atoms with Crippen LogP contribution in [0.4, 0.5) is 9.18 Å². The minimum atomic E-state index is -4.10. The maximum atomic E-state index is 14.3. The van der Waals surface area contributed by atoms with Gasteiger partial charge in [0.25, 0.3) is 0 Å². The maximum absolute atomic E-state index is 14.3. The van der Waals surface area contributed by atoms with Gasteiger partial charge in [0.2, 0.25) is 15.7 Å². The number of sulfone groups is 1. The highest BCUT2D eigenvalue weighted by atomic mass is 32.2. The zero-order chi connectivity index (χ0) is 21.0. The summed E-state index contributed by atoms with van der Waals surface area (Å²) in [5.41, 5.74) is 0.229. The molecule has 0 fully saturated rings. The molecule has 0 atom stereocenters. The van der Waals surface area contributed by atoms with Gasteiger partial charge in [-0.25, -0.2) is 27.3 Å². The van der Waals surface area contributed by atoms with Gasteiger partial charge in [-0.3, -0.25) is 0 Å². The molecule has 1 amide bonds. The first kappa shape index (κ1) is 20.3. The fraction of sp³-hybridized carbons (Fsp3) is 0.167. The highest BCUT2D eigenvalue weighted by Crippen LogP contribution is 2.26. The van der Waals surface area contributed by atoms with Crippen molar-refractivity contribution in [2.24, 2.45) is 0 Å². The van der Waals surface area contributed by atoms with Crippen LogP contribution in [0, 0.1) is 5.82 Å². The highest BCUT2D eigenvalue weighted by Gasteiger charge is 2.26. The number of hydrogen-bond acceptors (Lipinski definition) is 6. The molecule has 0 bridgehead atoms. The molecule has 0 aliphatic carbocycles. The maximum Gasteiger partial charge on any atom is 0.404 e. The Morgan fingerprint density at radius 1 is 1.28 bits per heavy atom. The zero-order valence-corrected chi connectivity index (χ0v) is 16.1. The smallest absolute Gasteiger partial charge is 0.404 e. The molecular formula is C18H17FN4O5S. The molecule has 0 saturated carbocycles. The molecule has 2 heterocycles. The summed E-state index contributed by atoms with van der Waals surface area (Å²) in [6.07, 6.45) is 0.0472. The van der Waals surface area contributed by atoms with E-state index in [4.69, 9.17) is 9.84 Å². The SMILES string of the molecule is COc1ccc(S(=O)(=O)c2cc(CCNC(=O)O)nn2-c2ccccc2F)cn1. The summed E-state index contributed by atoms with van der Waals surface area (Å²) in [6.45, 7) is 0.0210. The zero-order valence-electron chi connectivity index (χ0n) is 15.2. The second kappa shape index (κ2) is 8.27. The Bertz CT molecular complexity index is 1130. The predicted octanol–water partition coefficient (Wildman–Crippen LogP) is 2.06. The van der Waals surface area contributed by atoms with Crippen LogP contribution in [-0.4, -0.2) is 48.0 Å². The van der Waals surface area contributed by atoms with E-state index in [1.807, 2.05) is 0 Å². The molecule has 2 N–H and O–H groups in total. The van der Waals surface area contributed by atoms with E-state index in [1.54, 1.807) is 6.07 Å². The van der Waals surface area contributed by atoms with Crippen LogP contribution in [0.3, 0.4) is 0 Å². The van der Waals surface area contributed by atoms with Crippen molar-refractivity contribution in [2.45, 2.75) is 16.3 Å². The molecular weight excluding hydrogens is 403 g/mol. The molecule has 0 unspecified atom stereocenters. The lowest BCUT2D eigenvalue weighted by Crippen LogP contribution is -2.23. The standard InChI is InChI=1S/C18H17FN4O5S/c1-28-16-7-6-13(11-21-16)29(26,27)17-10-12(8-9-20-18(24)25)22-23(17)15-5-3-2-4-14(15)19/h2-7,10-11,20H,8-9H2,1H3,(H,24,25). The number of aromatic nitrogens is 3. The average molecular weight is 420 g/mol.